The molecule has 8 heteroatoms. The van der Waals surface area contributed by atoms with Crippen LogP contribution in [-0.4, -0.2) is 52.6 Å². The number of rotatable bonds is 14. The molecule has 1 rings (SSSR count). The molecule has 0 radical (unpaired) electrons. The van der Waals surface area contributed by atoms with Crippen molar-refractivity contribution in [2.24, 2.45) is 5.92 Å². The Bertz CT molecular complexity index is 819. The number of nitrogens with one attached hydrogen (secondary N) is 2. The van der Waals surface area contributed by atoms with Crippen LogP contribution in [0.3, 0.4) is 0 Å². The standard InChI is InChI=1S/C28H47N3O5/c1-8-11-13-19-31(26(34)23(20(4)10-3)30-27(35)36-28(5,6)7)24(25(33)29-18-12-9-2)21-14-16-22(32)17-15-21/h14-17,20,23-24,32H,8-13,18-19H2,1-7H3,(H,29,33)(H,30,35). The van der Waals surface area contributed by atoms with E-state index in [0.29, 0.717) is 25.1 Å². The van der Waals surface area contributed by atoms with E-state index in [4.69, 9.17) is 4.74 Å². The van der Waals surface area contributed by atoms with Gasteiger partial charge < -0.3 is 25.4 Å². The minimum atomic E-state index is -0.890. The first-order valence-corrected chi connectivity index (χ1v) is 13.3. The second kappa shape index (κ2) is 15.4. The van der Waals surface area contributed by atoms with E-state index in [1.165, 1.54) is 12.1 Å². The second-order valence-corrected chi connectivity index (χ2v) is 10.4. The summed E-state index contributed by atoms with van der Waals surface area (Å²) in [6.45, 7) is 14.2. The molecule has 0 aliphatic heterocycles. The van der Waals surface area contributed by atoms with E-state index < -0.39 is 23.8 Å². The summed E-state index contributed by atoms with van der Waals surface area (Å²) in [7, 11) is 0. The molecule has 0 heterocycles. The molecule has 0 fully saturated rings. The van der Waals surface area contributed by atoms with Crippen LogP contribution < -0.4 is 10.6 Å². The van der Waals surface area contributed by atoms with Crippen LogP contribution in [0.15, 0.2) is 24.3 Å². The predicted molar refractivity (Wildman–Crippen MR) is 143 cm³/mol. The van der Waals surface area contributed by atoms with Crippen molar-refractivity contribution >= 4 is 17.9 Å². The third-order valence-corrected chi connectivity index (χ3v) is 6.04. The fourth-order valence-electron chi connectivity index (χ4n) is 3.81. The summed E-state index contributed by atoms with van der Waals surface area (Å²) in [5, 5.41) is 15.6. The Morgan fingerprint density at radius 2 is 1.61 bits per heavy atom. The second-order valence-electron chi connectivity index (χ2n) is 10.4. The summed E-state index contributed by atoms with van der Waals surface area (Å²) in [4.78, 5) is 41.8. The number of hydrogen-bond donors (Lipinski definition) is 3. The van der Waals surface area contributed by atoms with E-state index in [0.717, 1.165) is 32.1 Å². The van der Waals surface area contributed by atoms with Crippen molar-refractivity contribution in [1.82, 2.24) is 15.5 Å². The van der Waals surface area contributed by atoms with E-state index in [1.54, 1.807) is 37.8 Å². The molecule has 3 N–H and O–H groups in total. The highest BCUT2D eigenvalue weighted by Crippen LogP contribution is 2.26. The van der Waals surface area contributed by atoms with E-state index in [2.05, 4.69) is 17.6 Å². The largest absolute Gasteiger partial charge is 0.508 e. The monoisotopic (exact) mass is 505 g/mol. The number of benzene rings is 1. The molecule has 3 unspecified atom stereocenters. The fraction of sp³-hybridized carbons (Fsp3) is 0.679. The van der Waals surface area contributed by atoms with Crippen LogP contribution in [-0.2, 0) is 14.3 Å². The third-order valence-electron chi connectivity index (χ3n) is 6.04. The van der Waals surface area contributed by atoms with Crippen molar-refractivity contribution in [1.29, 1.82) is 0 Å². The van der Waals surface area contributed by atoms with Crippen LogP contribution in [0.1, 0.15) is 98.6 Å². The Labute approximate surface area is 217 Å². The highest BCUT2D eigenvalue weighted by atomic mass is 16.6. The average molecular weight is 506 g/mol. The molecule has 0 bridgehead atoms. The van der Waals surface area contributed by atoms with Crippen LogP contribution >= 0.6 is 0 Å². The lowest BCUT2D eigenvalue weighted by Crippen LogP contribution is -2.55. The molecule has 0 aliphatic rings. The van der Waals surface area contributed by atoms with Crippen LogP contribution in [0.5, 0.6) is 5.75 Å². The molecule has 204 valence electrons. The molecule has 0 spiro atoms. The number of phenols is 1. The zero-order chi connectivity index (χ0) is 27.3. The highest BCUT2D eigenvalue weighted by molar-refractivity contribution is 5.92. The van der Waals surface area contributed by atoms with Gasteiger partial charge >= 0.3 is 6.09 Å². The van der Waals surface area contributed by atoms with Gasteiger partial charge in [-0.1, -0.05) is 65.5 Å². The first kappa shape index (κ1) is 31.3. The number of carbonyl (C=O) groups excluding carboxylic acids is 3. The van der Waals surface area contributed by atoms with Gasteiger partial charge in [-0.15, -0.1) is 0 Å². The Balaban J connectivity index is 3.44. The van der Waals surface area contributed by atoms with Crippen molar-refractivity contribution in [2.45, 2.75) is 105 Å². The quantitative estimate of drug-likeness (QED) is 0.297. The number of alkyl carbamates (subject to hydrolysis) is 1. The van der Waals surface area contributed by atoms with Gasteiger partial charge in [0.05, 0.1) is 0 Å². The van der Waals surface area contributed by atoms with Crippen LogP contribution in [0.25, 0.3) is 0 Å². The average Bonchev–Trinajstić information content (AvgIpc) is 2.81. The first-order chi connectivity index (χ1) is 16.9. The lowest BCUT2D eigenvalue weighted by atomic mass is 9.95. The van der Waals surface area contributed by atoms with Crippen LogP contribution in [0, 0.1) is 5.92 Å². The molecule has 0 aromatic heterocycles. The number of carbonyl (C=O) groups is 3. The van der Waals surface area contributed by atoms with Gasteiger partial charge in [0.15, 0.2) is 0 Å². The van der Waals surface area contributed by atoms with E-state index >= 15 is 0 Å². The Morgan fingerprint density at radius 3 is 2.14 bits per heavy atom. The van der Waals surface area contributed by atoms with Gasteiger partial charge in [-0.3, -0.25) is 9.59 Å². The summed E-state index contributed by atoms with van der Waals surface area (Å²) >= 11 is 0. The smallest absolute Gasteiger partial charge is 0.408 e. The summed E-state index contributed by atoms with van der Waals surface area (Å²) < 4.78 is 5.43. The molecule has 0 aliphatic carbocycles. The maximum atomic E-state index is 14.1. The van der Waals surface area contributed by atoms with E-state index in [-0.39, 0.29) is 23.5 Å². The maximum absolute atomic E-state index is 14.1. The van der Waals surface area contributed by atoms with E-state index in [9.17, 15) is 19.5 Å². The molecular formula is C28H47N3O5. The van der Waals surface area contributed by atoms with Gasteiger partial charge in [0, 0.05) is 13.1 Å². The molecule has 3 amide bonds. The highest BCUT2D eigenvalue weighted by Gasteiger charge is 2.37. The van der Waals surface area contributed by atoms with Crippen molar-refractivity contribution in [3.63, 3.8) is 0 Å². The molecular weight excluding hydrogens is 458 g/mol. The van der Waals surface area contributed by atoms with Crippen LogP contribution in [0.4, 0.5) is 4.79 Å². The van der Waals surface area contributed by atoms with Gasteiger partial charge in [-0.2, -0.15) is 0 Å². The molecule has 0 saturated carbocycles. The van der Waals surface area contributed by atoms with Gasteiger partial charge in [0.1, 0.15) is 23.4 Å². The predicted octanol–water partition coefficient (Wildman–Crippen LogP) is 5.31. The number of phenolic OH excluding ortho intramolecular Hbond substituents is 1. The lowest BCUT2D eigenvalue weighted by molar-refractivity contribution is -0.143. The Hall–Kier alpha value is -2.77. The SMILES string of the molecule is CCCCCN(C(=O)C(NC(=O)OC(C)(C)C)C(C)CC)C(C(=O)NCCCC)c1ccc(O)cc1. The van der Waals surface area contributed by atoms with Crippen molar-refractivity contribution in [3.05, 3.63) is 29.8 Å². The van der Waals surface area contributed by atoms with Crippen LogP contribution in [0.2, 0.25) is 0 Å². The van der Waals surface area contributed by atoms with Gasteiger partial charge in [0.2, 0.25) is 11.8 Å². The maximum Gasteiger partial charge on any atom is 0.408 e. The molecule has 1 aromatic carbocycles. The lowest BCUT2D eigenvalue weighted by Gasteiger charge is -2.36. The topological polar surface area (TPSA) is 108 Å². The number of unbranched alkanes of at least 4 members (excludes halogenated alkanes) is 3. The first-order valence-electron chi connectivity index (χ1n) is 13.3. The number of hydrogen-bond acceptors (Lipinski definition) is 5. The zero-order valence-corrected chi connectivity index (χ0v) is 23.2. The Morgan fingerprint density at radius 1 is 1.00 bits per heavy atom. The van der Waals surface area contributed by atoms with Gasteiger partial charge in [-0.05, 0) is 57.2 Å². The summed E-state index contributed by atoms with van der Waals surface area (Å²) in [6, 6.07) is 4.62. The van der Waals surface area contributed by atoms with E-state index in [1.807, 2.05) is 20.8 Å². The van der Waals surface area contributed by atoms with Gasteiger partial charge in [-0.25, -0.2) is 4.79 Å². The van der Waals surface area contributed by atoms with Crippen molar-refractivity contribution in [3.8, 4) is 5.75 Å². The third kappa shape index (κ3) is 10.5. The number of aromatic hydroxyl groups is 1. The van der Waals surface area contributed by atoms with Crippen molar-refractivity contribution < 1.29 is 24.2 Å². The number of nitrogens with zero attached hydrogens (tertiary/aromatic N) is 1. The normalized spacial score (nSPS) is 13.9. The molecule has 1 aromatic rings. The zero-order valence-electron chi connectivity index (χ0n) is 23.2. The molecule has 3 atom stereocenters. The fourth-order valence-corrected chi connectivity index (χ4v) is 3.81. The number of amides is 3. The van der Waals surface area contributed by atoms with Crippen molar-refractivity contribution in [2.75, 3.05) is 13.1 Å². The molecule has 8 nitrogen and oxygen atoms in total. The minimum absolute atomic E-state index is 0.0804. The summed E-state index contributed by atoms with van der Waals surface area (Å²) in [5.74, 6) is -0.701. The minimum Gasteiger partial charge on any atom is -0.508 e. The molecule has 0 saturated heterocycles. The Kier molecular flexibility index (Phi) is 13.3. The summed E-state index contributed by atoms with van der Waals surface area (Å²) in [5.41, 5.74) is -0.103. The van der Waals surface area contributed by atoms with Gasteiger partial charge in [0.25, 0.3) is 0 Å². The number of ether oxygens (including phenoxy) is 1. The summed E-state index contributed by atoms with van der Waals surface area (Å²) in [6.07, 6.45) is 4.33. The molecule has 36 heavy (non-hydrogen) atoms.